The van der Waals surface area contributed by atoms with E-state index in [0.29, 0.717) is 5.92 Å². The van der Waals surface area contributed by atoms with Crippen LogP contribution >= 0.6 is 0 Å². The van der Waals surface area contributed by atoms with Gasteiger partial charge in [0, 0.05) is 13.2 Å². The second-order valence-electron chi connectivity index (χ2n) is 5.18. The Labute approximate surface area is 103 Å². The Hall–Kier alpha value is -0.610. The standard InChI is InChI=1S/C13H24N2O2/c16-13(12-6-2-1-3-7-14-12)15-9-11-5-4-8-17-10-11/h11-12,14H,1-10H2,(H,15,16). The van der Waals surface area contributed by atoms with Crippen molar-refractivity contribution in [2.45, 2.75) is 44.6 Å². The number of carbonyl (C=O) groups excluding carboxylic acids is 1. The molecule has 0 aromatic heterocycles. The number of amides is 1. The largest absolute Gasteiger partial charge is 0.381 e. The molecule has 2 atom stereocenters. The van der Waals surface area contributed by atoms with Crippen molar-refractivity contribution in [1.82, 2.24) is 10.6 Å². The molecule has 2 aliphatic rings. The zero-order valence-corrected chi connectivity index (χ0v) is 10.5. The fourth-order valence-electron chi connectivity index (χ4n) is 2.59. The van der Waals surface area contributed by atoms with Crippen LogP contribution in [0.15, 0.2) is 0 Å². The Morgan fingerprint density at radius 3 is 3.00 bits per heavy atom. The van der Waals surface area contributed by atoms with E-state index < -0.39 is 0 Å². The molecular formula is C13H24N2O2. The molecule has 0 aromatic rings. The third-order valence-corrected chi connectivity index (χ3v) is 3.70. The quantitative estimate of drug-likeness (QED) is 0.775. The van der Waals surface area contributed by atoms with E-state index in [9.17, 15) is 4.79 Å². The molecule has 2 fully saturated rings. The van der Waals surface area contributed by atoms with Crippen LogP contribution in [0.4, 0.5) is 0 Å². The Morgan fingerprint density at radius 2 is 2.18 bits per heavy atom. The van der Waals surface area contributed by atoms with Crippen LogP contribution in [0, 0.1) is 5.92 Å². The van der Waals surface area contributed by atoms with Crippen molar-refractivity contribution in [3.63, 3.8) is 0 Å². The van der Waals surface area contributed by atoms with Gasteiger partial charge >= 0.3 is 0 Å². The van der Waals surface area contributed by atoms with Crippen molar-refractivity contribution in [2.75, 3.05) is 26.3 Å². The normalized spacial score (nSPS) is 30.6. The molecule has 0 bridgehead atoms. The molecule has 0 spiro atoms. The van der Waals surface area contributed by atoms with Gasteiger partial charge in [0.15, 0.2) is 0 Å². The Balaban J connectivity index is 1.68. The highest BCUT2D eigenvalue weighted by atomic mass is 16.5. The molecule has 98 valence electrons. The lowest BCUT2D eigenvalue weighted by Crippen LogP contribution is -2.45. The molecule has 0 radical (unpaired) electrons. The lowest BCUT2D eigenvalue weighted by atomic mass is 10.0. The summed E-state index contributed by atoms with van der Waals surface area (Å²) in [6.07, 6.45) is 6.89. The van der Waals surface area contributed by atoms with Crippen LogP contribution in [0.1, 0.15) is 38.5 Å². The van der Waals surface area contributed by atoms with E-state index in [1.54, 1.807) is 0 Å². The SMILES string of the molecule is O=C(NCC1CCCOC1)C1CCCCCN1. The first-order valence-corrected chi connectivity index (χ1v) is 6.95. The van der Waals surface area contributed by atoms with Gasteiger partial charge in [0.05, 0.1) is 12.6 Å². The maximum atomic E-state index is 12.0. The fourth-order valence-corrected chi connectivity index (χ4v) is 2.59. The number of hydrogen-bond acceptors (Lipinski definition) is 3. The van der Waals surface area contributed by atoms with Crippen molar-refractivity contribution in [3.05, 3.63) is 0 Å². The average molecular weight is 240 g/mol. The van der Waals surface area contributed by atoms with Gasteiger partial charge in [-0.05, 0) is 38.1 Å². The van der Waals surface area contributed by atoms with E-state index in [2.05, 4.69) is 10.6 Å². The zero-order chi connectivity index (χ0) is 11.9. The molecule has 4 nitrogen and oxygen atoms in total. The highest BCUT2D eigenvalue weighted by Gasteiger charge is 2.21. The molecule has 0 aliphatic carbocycles. The molecule has 4 heteroatoms. The summed E-state index contributed by atoms with van der Waals surface area (Å²) in [5.41, 5.74) is 0. The number of hydrogen-bond donors (Lipinski definition) is 2. The summed E-state index contributed by atoms with van der Waals surface area (Å²) < 4.78 is 5.41. The number of rotatable bonds is 3. The van der Waals surface area contributed by atoms with Gasteiger partial charge in [-0.3, -0.25) is 4.79 Å². The van der Waals surface area contributed by atoms with Crippen molar-refractivity contribution < 1.29 is 9.53 Å². The summed E-state index contributed by atoms with van der Waals surface area (Å²) in [7, 11) is 0. The molecule has 2 N–H and O–H groups in total. The predicted molar refractivity (Wildman–Crippen MR) is 66.8 cm³/mol. The highest BCUT2D eigenvalue weighted by Crippen LogP contribution is 2.13. The molecule has 0 aromatic carbocycles. The van der Waals surface area contributed by atoms with Gasteiger partial charge in [-0.15, -0.1) is 0 Å². The molecule has 2 heterocycles. The Kier molecular flexibility index (Phi) is 5.26. The van der Waals surface area contributed by atoms with Crippen LogP contribution in [0.5, 0.6) is 0 Å². The highest BCUT2D eigenvalue weighted by molar-refractivity contribution is 5.81. The van der Waals surface area contributed by atoms with Crippen LogP contribution in [-0.2, 0) is 9.53 Å². The lowest BCUT2D eigenvalue weighted by molar-refractivity contribution is -0.123. The minimum atomic E-state index is 0.0296. The van der Waals surface area contributed by atoms with E-state index in [-0.39, 0.29) is 11.9 Å². The summed E-state index contributed by atoms with van der Waals surface area (Å²) in [6, 6.07) is 0.0296. The van der Waals surface area contributed by atoms with Crippen molar-refractivity contribution in [1.29, 1.82) is 0 Å². The topological polar surface area (TPSA) is 50.4 Å². The lowest BCUT2D eigenvalue weighted by Gasteiger charge is -2.23. The molecule has 17 heavy (non-hydrogen) atoms. The monoisotopic (exact) mass is 240 g/mol. The smallest absolute Gasteiger partial charge is 0.237 e. The van der Waals surface area contributed by atoms with Gasteiger partial charge in [0.25, 0.3) is 0 Å². The number of carbonyl (C=O) groups is 1. The minimum absolute atomic E-state index is 0.0296. The van der Waals surface area contributed by atoms with Crippen LogP contribution < -0.4 is 10.6 Å². The van der Waals surface area contributed by atoms with E-state index in [4.69, 9.17) is 4.74 Å². The molecule has 2 saturated heterocycles. The molecule has 2 rings (SSSR count). The minimum Gasteiger partial charge on any atom is -0.381 e. The van der Waals surface area contributed by atoms with Crippen molar-refractivity contribution in [2.24, 2.45) is 5.92 Å². The van der Waals surface area contributed by atoms with E-state index in [1.165, 1.54) is 19.3 Å². The molecule has 0 saturated carbocycles. The van der Waals surface area contributed by atoms with Crippen LogP contribution in [0.2, 0.25) is 0 Å². The first kappa shape index (κ1) is 12.8. The fraction of sp³-hybridized carbons (Fsp3) is 0.923. The first-order chi connectivity index (χ1) is 8.36. The van der Waals surface area contributed by atoms with Gasteiger partial charge in [0.1, 0.15) is 0 Å². The molecular weight excluding hydrogens is 216 g/mol. The molecule has 1 amide bonds. The van der Waals surface area contributed by atoms with Crippen molar-refractivity contribution in [3.8, 4) is 0 Å². The third-order valence-electron chi connectivity index (χ3n) is 3.70. The summed E-state index contributed by atoms with van der Waals surface area (Å²) >= 11 is 0. The number of ether oxygens (including phenoxy) is 1. The van der Waals surface area contributed by atoms with Crippen molar-refractivity contribution >= 4 is 5.91 Å². The van der Waals surface area contributed by atoms with E-state index >= 15 is 0 Å². The third kappa shape index (κ3) is 4.28. The Morgan fingerprint density at radius 1 is 1.24 bits per heavy atom. The van der Waals surface area contributed by atoms with E-state index in [0.717, 1.165) is 45.6 Å². The summed E-state index contributed by atoms with van der Waals surface area (Å²) in [5, 5.41) is 6.39. The maximum absolute atomic E-state index is 12.0. The zero-order valence-electron chi connectivity index (χ0n) is 10.5. The number of nitrogens with one attached hydrogen (secondary N) is 2. The van der Waals surface area contributed by atoms with Gasteiger partial charge in [-0.25, -0.2) is 0 Å². The second kappa shape index (κ2) is 6.97. The first-order valence-electron chi connectivity index (χ1n) is 6.95. The Bertz CT molecular complexity index is 232. The van der Waals surface area contributed by atoms with E-state index in [1.807, 2.05) is 0 Å². The van der Waals surface area contributed by atoms with Gasteiger partial charge in [-0.1, -0.05) is 12.8 Å². The van der Waals surface area contributed by atoms with Gasteiger partial charge < -0.3 is 15.4 Å². The maximum Gasteiger partial charge on any atom is 0.237 e. The van der Waals surface area contributed by atoms with Crippen LogP contribution in [0.25, 0.3) is 0 Å². The molecule has 2 unspecified atom stereocenters. The van der Waals surface area contributed by atoms with Gasteiger partial charge in [-0.2, -0.15) is 0 Å². The summed E-state index contributed by atoms with van der Waals surface area (Å²) in [5.74, 6) is 0.691. The predicted octanol–water partition coefficient (Wildman–Crippen LogP) is 1.06. The summed E-state index contributed by atoms with van der Waals surface area (Å²) in [4.78, 5) is 12.0. The second-order valence-corrected chi connectivity index (χ2v) is 5.18. The summed E-state index contributed by atoms with van der Waals surface area (Å²) in [6.45, 7) is 3.44. The average Bonchev–Trinajstić information content (AvgIpc) is 2.66. The van der Waals surface area contributed by atoms with Gasteiger partial charge in [0.2, 0.25) is 5.91 Å². The van der Waals surface area contributed by atoms with Crippen LogP contribution in [-0.4, -0.2) is 38.3 Å². The van der Waals surface area contributed by atoms with Crippen LogP contribution in [0.3, 0.4) is 0 Å². The molecule has 2 aliphatic heterocycles.